The van der Waals surface area contributed by atoms with Crippen LogP contribution in [0.1, 0.15) is 38.8 Å². The van der Waals surface area contributed by atoms with E-state index in [1.54, 1.807) is 0 Å². The summed E-state index contributed by atoms with van der Waals surface area (Å²) in [6.45, 7) is 10.9. The minimum Gasteiger partial charge on any atom is -0.487 e. The predicted octanol–water partition coefficient (Wildman–Crippen LogP) is 2.91. The second kappa shape index (κ2) is 5.93. The van der Waals surface area contributed by atoms with Crippen LogP contribution in [0.3, 0.4) is 0 Å². The molecule has 0 radical (unpaired) electrons. The van der Waals surface area contributed by atoms with Gasteiger partial charge in [0.1, 0.15) is 11.4 Å². The van der Waals surface area contributed by atoms with Crippen molar-refractivity contribution in [2.24, 2.45) is 0 Å². The lowest BCUT2D eigenvalue weighted by Gasteiger charge is -2.16. The van der Waals surface area contributed by atoms with E-state index in [1.165, 1.54) is 11.1 Å². The molecule has 3 heteroatoms. The van der Waals surface area contributed by atoms with Crippen molar-refractivity contribution < 1.29 is 9.47 Å². The molecule has 1 aliphatic heterocycles. The number of ether oxygens (including phenoxy) is 2. The summed E-state index contributed by atoms with van der Waals surface area (Å²) in [5.74, 6) is 1.04. The molecule has 0 amide bonds. The van der Waals surface area contributed by atoms with Crippen molar-refractivity contribution in [2.45, 2.75) is 52.4 Å². The second-order valence-electron chi connectivity index (χ2n) is 5.88. The molecule has 0 aliphatic carbocycles. The monoisotopic (exact) mass is 263 g/mol. The van der Waals surface area contributed by atoms with Crippen LogP contribution in [-0.2, 0) is 17.7 Å². The Hall–Kier alpha value is -1.06. The van der Waals surface area contributed by atoms with Gasteiger partial charge in [-0.15, -0.1) is 0 Å². The molecule has 0 fully saturated rings. The average molecular weight is 263 g/mol. The van der Waals surface area contributed by atoms with Crippen LogP contribution >= 0.6 is 0 Å². The van der Waals surface area contributed by atoms with E-state index in [2.05, 4.69) is 44.3 Å². The summed E-state index contributed by atoms with van der Waals surface area (Å²) in [7, 11) is 0. The summed E-state index contributed by atoms with van der Waals surface area (Å²) in [5, 5.41) is 3.43. The lowest BCUT2D eigenvalue weighted by Crippen LogP contribution is -2.26. The van der Waals surface area contributed by atoms with Crippen molar-refractivity contribution >= 4 is 0 Å². The number of fused-ring (bicyclic) bond motifs is 1. The molecule has 0 aromatic heterocycles. The summed E-state index contributed by atoms with van der Waals surface area (Å²) in [4.78, 5) is 0. The Labute approximate surface area is 116 Å². The summed E-state index contributed by atoms with van der Waals surface area (Å²) in [6, 6.07) is 6.48. The molecule has 1 aliphatic rings. The zero-order valence-corrected chi connectivity index (χ0v) is 12.5. The highest BCUT2D eigenvalue weighted by atomic mass is 16.5. The zero-order valence-electron chi connectivity index (χ0n) is 12.5. The number of rotatable bonds is 6. The van der Waals surface area contributed by atoms with Crippen molar-refractivity contribution in [1.29, 1.82) is 0 Å². The highest BCUT2D eigenvalue weighted by molar-refractivity contribution is 5.41. The first-order chi connectivity index (χ1) is 9.00. The lowest BCUT2D eigenvalue weighted by atomic mass is 10.0. The van der Waals surface area contributed by atoms with Crippen LogP contribution in [0.25, 0.3) is 0 Å². The molecule has 1 atom stereocenters. The molecule has 0 spiro atoms. The van der Waals surface area contributed by atoms with Crippen molar-refractivity contribution in [3.8, 4) is 5.75 Å². The van der Waals surface area contributed by atoms with Gasteiger partial charge in [-0.05, 0) is 44.9 Å². The molecule has 0 saturated carbocycles. The Bertz CT molecular complexity index is 429. The van der Waals surface area contributed by atoms with Gasteiger partial charge < -0.3 is 14.8 Å². The van der Waals surface area contributed by atoms with E-state index in [-0.39, 0.29) is 11.7 Å². The van der Waals surface area contributed by atoms with Gasteiger partial charge in [0.15, 0.2) is 0 Å². The van der Waals surface area contributed by atoms with Crippen LogP contribution in [0.2, 0.25) is 0 Å². The molecule has 1 aromatic rings. The summed E-state index contributed by atoms with van der Waals surface area (Å²) >= 11 is 0. The molecular formula is C16H25NO2. The van der Waals surface area contributed by atoms with Crippen LogP contribution in [0, 0.1) is 0 Å². The molecule has 1 N–H and O–H groups in total. The fourth-order valence-electron chi connectivity index (χ4n) is 2.54. The largest absolute Gasteiger partial charge is 0.487 e. The third kappa shape index (κ3) is 3.95. The van der Waals surface area contributed by atoms with Gasteiger partial charge in [0.05, 0.1) is 6.10 Å². The molecule has 1 heterocycles. The highest BCUT2D eigenvalue weighted by Gasteiger charge is 2.29. The van der Waals surface area contributed by atoms with E-state index < -0.39 is 0 Å². The third-order valence-electron chi connectivity index (χ3n) is 3.34. The van der Waals surface area contributed by atoms with Crippen molar-refractivity contribution in [1.82, 2.24) is 5.32 Å². The van der Waals surface area contributed by atoms with E-state index >= 15 is 0 Å². The fourth-order valence-corrected chi connectivity index (χ4v) is 2.54. The summed E-state index contributed by atoms with van der Waals surface area (Å²) in [5.41, 5.74) is 2.57. The molecule has 19 heavy (non-hydrogen) atoms. The Balaban J connectivity index is 1.87. The number of hydrogen-bond donors (Lipinski definition) is 1. The summed E-state index contributed by atoms with van der Waals surface area (Å²) in [6.07, 6.45) is 1.26. The maximum atomic E-state index is 5.88. The molecule has 0 saturated heterocycles. The molecule has 0 bridgehead atoms. The average Bonchev–Trinajstić information content (AvgIpc) is 2.62. The van der Waals surface area contributed by atoms with Crippen molar-refractivity contribution in [3.63, 3.8) is 0 Å². The van der Waals surface area contributed by atoms with Gasteiger partial charge in [0, 0.05) is 26.1 Å². The zero-order chi connectivity index (χ0) is 13.9. The van der Waals surface area contributed by atoms with E-state index in [0.29, 0.717) is 0 Å². The smallest absolute Gasteiger partial charge is 0.123 e. The van der Waals surface area contributed by atoms with Gasteiger partial charge >= 0.3 is 0 Å². The quantitative estimate of drug-likeness (QED) is 0.856. The van der Waals surface area contributed by atoms with Crippen LogP contribution in [-0.4, -0.2) is 24.9 Å². The van der Waals surface area contributed by atoms with Crippen LogP contribution < -0.4 is 10.1 Å². The first kappa shape index (κ1) is 14.4. The van der Waals surface area contributed by atoms with E-state index in [9.17, 15) is 0 Å². The highest BCUT2D eigenvalue weighted by Crippen LogP contribution is 2.35. The number of hydrogen-bond acceptors (Lipinski definition) is 3. The SMILES string of the molecule is CCOC(C)CNCc1ccc2c(c1)CC(C)(C)O2. The van der Waals surface area contributed by atoms with E-state index in [1.807, 2.05) is 6.92 Å². The Morgan fingerprint density at radius 1 is 1.42 bits per heavy atom. The molecule has 3 nitrogen and oxygen atoms in total. The first-order valence-corrected chi connectivity index (χ1v) is 7.13. The van der Waals surface area contributed by atoms with Gasteiger partial charge in [0.25, 0.3) is 0 Å². The Morgan fingerprint density at radius 2 is 2.21 bits per heavy atom. The second-order valence-corrected chi connectivity index (χ2v) is 5.88. The Kier molecular flexibility index (Phi) is 4.48. The molecular weight excluding hydrogens is 238 g/mol. The van der Waals surface area contributed by atoms with Crippen molar-refractivity contribution in [3.05, 3.63) is 29.3 Å². The van der Waals surface area contributed by atoms with Gasteiger partial charge in [0.2, 0.25) is 0 Å². The van der Waals surface area contributed by atoms with Crippen LogP contribution in [0.5, 0.6) is 5.75 Å². The minimum absolute atomic E-state index is 0.0577. The normalized spacial score (nSPS) is 17.9. The topological polar surface area (TPSA) is 30.5 Å². The van der Waals surface area contributed by atoms with E-state index in [4.69, 9.17) is 9.47 Å². The van der Waals surface area contributed by atoms with Gasteiger partial charge in [-0.3, -0.25) is 0 Å². The van der Waals surface area contributed by atoms with Gasteiger partial charge in [-0.2, -0.15) is 0 Å². The molecule has 1 unspecified atom stereocenters. The minimum atomic E-state index is -0.0577. The van der Waals surface area contributed by atoms with Gasteiger partial charge in [-0.25, -0.2) is 0 Å². The van der Waals surface area contributed by atoms with Crippen LogP contribution in [0.4, 0.5) is 0 Å². The van der Waals surface area contributed by atoms with Gasteiger partial charge in [-0.1, -0.05) is 12.1 Å². The Morgan fingerprint density at radius 3 is 2.95 bits per heavy atom. The molecule has 2 rings (SSSR count). The third-order valence-corrected chi connectivity index (χ3v) is 3.34. The maximum absolute atomic E-state index is 5.88. The maximum Gasteiger partial charge on any atom is 0.123 e. The van der Waals surface area contributed by atoms with Crippen molar-refractivity contribution in [2.75, 3.05) is 13.2 Å². The lowest BCUT2D eigenvalue weighted by molar-refractivity contribution is 0.0759. The van der Waals surface area contributed by atoms with E-state index in [0.717, 1.165) is 31.9 Å². The first-order valence-electron chi connectivity index (χ1n) is 7.13. The fraction of sp³-hybridized carbons (Fsp3) is 0.625. The summed E-state index contributed by atoms with van der Waals surface area (Å²) < 4.78 is 11.4. The number of nitrogens with one attached hydrogen (secondary N) is 1. The number of benzene rings is 1. The standard InChI is InChI=1S/C16H25NO2/c1-5-18-12(2)10-17-11-13-6-7-15-14(8-13)9-16(3,4)19-15/h6-8,12,17H,5,9-11H2,1-4H3. The molecule has 106 valence electrons. The predicted molar refractivity (Wildman–Crippen MR) is 77.6 cm³/mol. The molecule has 1 aromatic carbocycles. The van der Waals surface area contributed by atoms with Crippen LogP contribution in [0.15, 0.2) is 18.2 Å².